The lowest BCUT2D eigenvalue weighted by atomic mass is 10.1. The third-order valence-electron chi connectivity index (χ3n) is 2.53. The van der Waals surface area contributed by atoms with Crippen LogP contribution in [0.4, 0.5) is 0 Å². The number of nitrogens with one attached hydrogen (secondary N) is 2. The molecular formula is C12H19ClN2O2S. The molecule has 102 valence electrons. The van der Waals surface area contributed by atoms with E-state index in [1.165, 1.54) is 0 Å². The fraction of sp³-hybridized carbons (Fsp3) is 0.500. The van der Waals surface area contributed by atoms with Gasteiger partial charge >= 0.3 is 0 Å². The van der Waals surface area contributed by atoms with Crippen LogP contribution in [0, 0.1) is 6.92 Å². The van der Waals surface area contributed by atoms with Gasteiger partial charge in [-0.25, -0.2) is 13.1 Å². The lowest BCUT2D eigenvalue weighted by molar-refractivity contribution is 0.578. The summed E-state index contributed by atoms with van der Waals surface area (Å²) in [6.45, 7) is 5.25. The second-order valence-electron chi connectivity index (χ2n) is 4.06. The molecule has 0 saturated heterocycles. The van der Waals surface area contributed by atoms with Gasteiger partial charge in [-0.1, -0.05) is 24.6 Å². The highest BCUT2D eigenvalue weighted by Gasteiger charge is 2.07. The SMILES string of the molecule is CCNS(=O)(=O)CCNCc1ccc(Cl)cc1C. The minimum absolute atomic E-state index is 0.0908. The minimum Gasteiger partial charge on any atom is -0.312 e. The van der Waals surface area contributed by atoms with E-state index in [9.17, 15) is 8.42 Å². The zero-order valence-electron chi connectivity index (χ0n) is 10.7. The van der Waals surface area contributed by atoms with Gasteiger partial charge in [0.15, 0.2) is 0 Å². The number of benzene rings is 1. The fourth-order valence-corrected chi connectivity index (χ4v) is 2.80. The quantitative estimate of drug-likeness (QED) is 0.751. The molecule has 0 aliphatic heterocycles. The average Bonchev–Trinajstić information content (AvgIpc) is 2.26. The Morgan fingerprint density at radius 1 is 1.33 bits per heavy atom. The third kappa shape index (κ3) is 5.35. The standard InChI is InChI=1S/C12H19ClN2O2S/c1-3-15-18(16,17)7-6-14-9-11-4-5-12(13)8-10(11)2/h4-5,8,14-15H,3,6-7,9H2,1-2H3. The zero-order chi connectivity index (χ0) is 13.6. The van der Waals surface area contributed by atoms with E-state index in [2.05, 4.69) is 10.0 Å². The maximum absolute atomic E-state index is 11.4. The molecular weight excluding hydrogens is 272 g/mol. The predicted octanol–water partition coefficient (Wildman–Crippen LogP) is 1.68. The Morgan fingerprint density at radius 2 is 2.06 bits per heavy atom. The molecule has 6 heteroatoms. The normalized spacial score (nSPS) is 11.7. The molecule has 1 aromatic carbocycles. The van der Waals surface area contributed by atoms with Crippen molar-refractivity contribution in [3.05, 3.63) is 34.3 Å². The molecule has 0 amide bonds. The lowest BCUT2D eigenvalue weighted by Gasteiger charge is -2.08. The van der Waals surface area contributed by atoms with Gasteiger partial charge in [-0.15, -0.1) is 0 Å². The molecule has 4 nitrogen and oxygen atoms in total. The van der Waals surface area contributed by atoms with Gasteiger partial charge in [0, 0.05) is 24.7 Å². The van der Waals surface area contributed by atoms with Crippen molar-refractivity contribution in [2.45, 2.75) is 20.4 Å². The van der Waals surface area contributed by atoms with Gasteiger partial charge < -0.3 is 5.32 Å². The molecule has 0 bridgehead atoms. The highest BCUT2D eigenvalue weighted by molar-refractivity contribution is 7.89. The van der Waals surface area contributed by atoms with Crippen molar-refractivity contribution in [2.24, 2.45) is 0 Å². The van der Waals surface area contributed by atoms with Crippen LogP contribution in [0.5, 0.6) is 0 Å². The van der Waals surface area contributed by atoms with Crippen molar-refractivity contribution in [3.63, 3.8) is 0 Å². The van der Waals surface area contributed by atoms with Gasteiger partial charge in [-0.05, 0) is 30.2 Å². The number of rotatable bonds is 7. The molecule has 0 spiro atoms. The second kappa shape index (κ2) is 7.09. The summed E-state index contributed by atoms with van der Waals surface area (Å²) in [5.41, 5.74) is 2.23. The summed E-state index contributed by atoms with van der Waals surface area (Å²) in [5.74, 6) is 0.0908. The maximum atomic E-state index is 11.4. The fourth-order valence-electron chi connectivity index (χ4n) is 1.58. The first-order valence-electron chi connectivity index (χ1n) is 5.87. The van der Waals surface area contributed by atoms with Crippen LogP contribution >= 0.6 is 11.6 Å². The Labute approximate surface area is 114 Å². The molecule has 1 rings (SSSR count). The summed E-state index contributed by atoms with van der Waals surface area (Å²) in [6, 6.07) is 5.68. The van der Waals surface area contributed by atoms with Gasteiger partial charge in [0.25, 0.3) is 0 Å². The third-order valence-corrected chi connectivity index (χ3v) is 4.24. The number of halogens is 1. The number of hydrogen-bond acceptors (Lipinski definition) is 3. The highest BCUT2D eigenvalue weighted by atomic mass is 35.5. The van der Waals surface area contributed by atoms with E-state index in [4.69, 9.17) is 11.6 Å². The summed E-state index contributed by atoms with van der Waals surface area (Å²) < 4.78 is 25.2. The Balaban J connectivity index is 2.38. The second-order valence-corrected chi connectivity index (χ2v) is 6.43. The van der Waals surface area contributed by atoms with Crippen LogP contribution in [0.15, 0.2) is 18.2 Å². The van der Waals surface area contributed by atoms with Crippen LogP contribution in [0.25, 0.3) is 0 Å². The largest absolute Gasteiger partial charge is 0.312 e. The van der Waals surface area contributed by atoms with Crippen LogP contribution in [0.2, 0.25) is 5.02 Å². The van der Waals surface area contributed by atoms with Gasteiger partial charge in [-0.3, -0.25) is 0 Å². The Kier molecular flexibility index (Phi) is 6.08. The lowest BCUT2D eigenvalue weighted by Crippen LogP contribution is -2.31. The van der Waals surface area contributed by atoms with Crippen LogP contribution in [-0.4, -0.2) is 27.3 Å². The summed E-state index contributed by atoms with van der Waals surface area (Å²) in [7, 11) is -3.14. The molecule has 0 radical (unpaired) electrons. The average molecular weight is 291 g/mol. The van der Waals surface area contributed by atoms with Gasteiger partial charge in [0.2, 0.25) is 10.0 Å². The first-order chi connectivity index (χ1) is 8.44. The first kappa shape index (κ1) is 15.4. The molecule has 0 aliphatic rings. The molecule has 0 saturated carbocycles. The van der Waals surface area contributed by atoms with Crippen molar-refractivity contribution >= 4 is 21.6 Å². The first-order valence-corrected chi connectivity index (χ1v) is 7.90. The number of sulfonamides is 1. The van der Waals surface area contributed by atoms with E-state index in [1.807, 2.05) is 25.1 Å². The minimum atomic E-state index is -3.14. The van der Waals surface area contributed by atoms with Crippen LogP contribution in [0.1, 0.15) is 18.1 Å². The smallest absolute Gasteiger partial charge is 0.212 e. The highest BCUT2D eigenvalue weighted by Crippen LogP contribution is 2.14. The molecule has 18 heavy (non-hydrogen) atoms. The van der Waals surface area contributed by atoms with E-state index in [-0.39, 0.29) is 5.75 Å². The van der Waals surface area contributed by atoms with E-state index in [1.54, 1.807) is 6.92 Å². The number of hydrogen-bond donors (Lipinski definition) is 2. The van der Waals surface area contributed by atoms with Crippen LogP contribution < -0.4 is 10.0 Å². The summed E-state index contributed by atoms with van der Waals surface area (Å²) >= 11 is 5.86. The molecule has 0 heterocycles. The molecule has 1 aromatic rings. The molecule has 0 aliphatic carbocycles. The van der Waals surface area contributed by atoms with Crippen molar-refractivity contribution in [2.75, 3.05) is 18.8 Å². The molecule has 0 aromatic heterocycles. The Bertz CT molecular complexity index is 489. The van der Waals surface area contributed by atoms with E-state index in [0.717, 1.165) is 11.1 Å². The topological polar surface area (TPSA) is 58.2 Å². The summed E-state index contributed by atoms with van der Waals surface area (Å²) in [5, 5.41) is 3.83. The summed E-state index contributed by atoms with van der Waals surface area (Å²) in [4.78, 5) is 0. The molecule has 0 unspecified atom stereocenters. The van der Waals surface area contributed by atoms with Gasteiger partial charge in [0.05, 0.1) is 5.75 Å². The molecule has 0 fully saturated rings. The summed E-state index contributed by atoms with van der Waals surface area (Å²) in [6.07, 6.45) is 0. The van der Waals surface area contributed by atoms with Crippen LogP contribution in [-0.2, 0) is 16.6 Å². The van der Waals surface area contributed by atoms with Gasteiger partial charge in [0.1, 0.15) is 0 Å². The number of aryl methyl sites for hydroxylation is 1. The van der Waals surface area contributed by atoms with Crippen molar-refractivity contribution in [1.82, 2.24) is 10.0 Å². The zero-order valence-corrected chi connectivity index (χ0v) is 12.2. The molecule has 2 N–H and O–H groups in total. The van der Waals surface area contributed by atoms with Gasteiger partial charge in [-0.2, -0.15) is 0 Å². The molecule has 0 atom stereocenters. The Morgan fingerprint density at radius 3 is 2.67 bits per heavy atom. The van der Waals surface area contributed by atoms with E-state index < -0.39 is 10.0 Å². The van der Waals surface area contributed by atoms with Crippen molar-refractivity contribution in [1.29, 1.82) is 0 Å². The van der Waals surface area contributed by atoms with Crippen LogP contribution in [0.3, 0.4) is 0 Å². The maximum Gasteiger partial charge on any atom is 0.212 e. The van der Waals surface area contributed by atoms with E-state index in [0.29, 0.717) is 24.7 Å². The predicted molar refractivity (Wildman–Crippen MR) is 75.4 cm³/mol. The Hall–Kier alpha value is -0.620. The van der Waals surface area contributed by atoms with Crippen molar-refractivity contribution < 1.29 is 8.42 Å². The van der Waals surface area contributed by atoms with E-state index >= 15 is 0 Å². The monoisotopic (exact) mass is 290 g/mol. The van der Waals surface area contributed by atoms with Crippen molar-refractivity contribution in [3.8, 4) is 0 Å².